The number of ether oxygens (including phenoxy) is 1. The third-order valence-electron chi connectivity index (χ3n) is 2.55. The van der Waals surface area contributed by atoms with Gasteiger partial charge in [-0.3, -0.25) is 10.1 Å². The standard InChI is InChI=1S/C13H8Cl2FNO3/c14-8-4-5-12(17(18)19)13(6-8)20-7-9-10(15)2-1-3-11(9)16/h1-6H,7H2. The summed E-state index contributed by atoms with van der Waals surface area (Å²) in [6.07, 6.45) is 0. The van der Waals surface area contributed by atoms with Crippen molar-refractivity contribution < 1.29 is 14.1 Å². The summed E-state index contributed by atoms with van der Waals surface area (Å²) in [6, 6.07) is 8.10. The van der Waals surface area contributed by atoms with E-state index in [1.807, 2.05) is 0 Å². The molecule has 2 rings (SSSR count). The van der Waals surface area contributed by atoms with Crippen LogP contribution in [0.1, 0.15) is 5.56 Å². The molecule has 0 amide bonds. The van der Waals surface area contributed by atoms with Crippen LogP contribution in [0.25, 0.3) is 0 Å². The third kappa shape index (κ3) is 3.18. The number of nitrogens with zero attached hydrogens (tertiary/aromatic N) is 1. The van der Waals surface area contributed by atoms with Crippen LogP contribution in [-0.4, -0.2) is 4.92 Å². The van der Waals surface area contributed by atoms with Crippen LogP contribution in [0.5, 0.6) is 5.75 Å². The Kier molecular flexibility index (Phi) is 4.42. The number of hydrogen-bond donors (Lipinski definition) is 0. The molecule has 0 N–H and O–H groups in total. The van der Waals surface area contributed by atoms with Crippen molar-refractivity contribution in [2.45, 2.75) is 6.61 Å². The fourth-order valence-corrected chi connectivity index (χ4v) is 1.95. The molecule has 7 heteroatoms. The molecule has 0 aliphatic rings. The first-order valence-electron chi connectivity index (χ1n) is 5.48. The van der Waals surface area contributed by atoms with Gasteiger partial charge in [0.15, 0.2) is 5.75 Å². The molecular weight excluding hydrogens is 308 g/mol. The van der Waals surface area contributed by atoms with Gasteiger partial charge >= 0.3 is 5.69 Å². The Morgan fingerprint density at radius 2 is 2.00 bits per heavy atom. The molecule has 0 saturated carbocycles. The lowest BCUT2D eigenvalue weighted by Gasteiger charge is -2.09. The van der Waals surface area contributed by atoms with Gasteiger partial charge in [-0.15, -0.1) is 0 Å². The summed E-state index contributed by atoms with van der Waals surface area (Å²) in [5.41, 5.74) is -0.120. The molecule has 2 aromatic carbocycles. The van der Waals surface area contributed by atoms with Crippen molar-refractivity contribution >= 4 is 28.9 Å². The van der Waals surface area contributed by atoms with Crippen molar-refractivity contribution in [3.63, 3.8) is 0 Å². The van der Waals surface area contributed by atoms with Gasteiger partial charge in [-0.2, -0.15) is 0 Å². The first-order chi connectivity index (χ1) is 9.49. The minimum absolute atomic E-state index is 0.0400. The summed E-state index contributed by atoms with van der Waals surface area (Å²) in [7, 11) is 0. The highest BCUT2D eigenvalue weighted by atomic mass is 35.5. The Balaban J connectivity index is 2.27. The third-order valence-corrected chi connectivity index (χ3v) is 3.14. The van der Waals surface area contributed by atoms with E-state index < -0.39 is 10.7 Å². The average Bonchev–Trinajstić information content (AvgIpc) is 2.37. The Morgan fingerprint density at radius 3 is 2.65 bits per heavy atom. The van der Waals surface area contributed by atoms with Crippen LogP contribution in [0.4, 0.5) is 10.1 Å². The molecule has 0 heterocycles. The van der Waals surface area contributed by atoms with Crippen LogP contribution in [0.15, 0.2) is 36.4 Å². The van der Waals surface area contributed by atoms with Gasteiger partial charge in [0, 0.05) is 22.7 Å². The summed E-state index contributed by atoms with van der Waals surface area (Å²) >= 11 is 11.6. The van der Waals surface area contributed by atoms with Gasteiger partial charge in [0.05, 0.1) is 9.95 Å². The van der Waals surface area contributed by atoms with Gasteiger partial charge in [0.2, 0.25) is 0 Å². The monoisotopic (exact) mass is 315 g/mol. The molecule has 0 radical (unpaired) electrons. The Morgan fingerprint density at radius 1 is 1.25 bits per heavy atom. The van der Waals surface area contributed by atoms with E-state index in [2.05, 4.69) is 0 Å². The predicted octanol–water partition coefficient (Wildman–Crippen LogP) is 4.62. The van der Waals surface area contributed by atoms with Gasteiger partial charge in [-0.05, 0) is 18.2 Å². The number of halogens is 3. The molecule has 2 aromatic rings. The van der Waals surface area contributed by atoms with E-state index >= 15 is 0 Å². The van der Waals surface area contributed by atoms with Crippen LogP contribution in [0.2, 0.25) is 10.0 Å². The number of nitro benzene ring substituents is 1. The van der Waals surface area contributed by atoms with Gasteiger partial charge in [0.25, 0.3) is 0 Å². The quantitative estimate of drug-likeness (QED) is 0.611. The van der Waals surface area contributed by atoms with Crippen molar-refractivity contribution in [1.82, 2.24) is 0 Å². The SMILES string of the molecule is O=[N+]([O-])c1ccc(Cl)cc1OCc1c(F)cccc1Cl. The molecule has 0 unspecified atom stereocenters. The first-order valence-corrected chi connectivity index (χ1v) is 6.24. The Labute approximate surface area is 123 Å². The van der Waals surface area contributed by atoms with Crippen LogP contribution < -0.4 is 4.74 Å². The molecule has 0 aromatic heterocycles. The highest BCUT2D eigenvalue weighted by Crippen LogP contribution is 2.31. The lowest BCUT2D eigenvalue weighted by atomic mass is 10.2. The van der Waals surface area contributed by atoms with E-state index in [9.17, 15) is 14.5 Å². The van der Waals surface area contributed by atoms with E-state index in [1.54, 1.807) is 0 Å². The second-order valence-corrected chi connectivity index (χ2v) is 4.70. The van der Waals surface area contributed by atoms with Crippen LogP contribution in [0, 0.1) is 15.9 Å². The fraction of sp³-hybridized carbons (Fsp3) is 0.0769. The predicted molar refractivity (Wildman–Crippen MR) is 73.8 cm³/mol. The lowest BCUT2D eigenvalue weighted by molar-refractivity contribution is -0.385. The Hall–Kier alpha value is -1.85. The van der Waals surface area contributed by atoms with Crippen molar-refractivity contribution in [1.29, 1.82) is 0 Å². The summed E-state index contributed by atoms with van der Waals surface area (Å²) < 4.78 is 18.8. The molecular formula is C13H8Cl2FNO3. The van der Waals surface area contributed by atoms with Gasteiger partial charge in [0.1, 0.15) is 12.4 Å². The molecule has 0 atom stereocenters. The number of hydrogen-bond acceptors (Lipinski definition) is 3. The summed E-state index contributed by atoms with van der Waals surface area (Å²) in [5, 5.41) is 11.3. The highest BCUT2D eigenvalue weighted by molar-refractivity contribution is 6.31. The second-order valence-electron chi connectivity index (χ2n) is 3.86. The number of benzene rings is 2. The van der Waals surface area contributed by atoms with Crippen molar-refractivity contribution in [2.75, 3.05) is 0 Å². The molecule has 104 valence electrons. The Bertz CT molecular complexity index is 644. The van der Waals surface area contributed by atoms with Crippen molar-refractivity contribution in [3.05, 3.63) is 67.9 Å². The van der Waals surface area contributed by atoms with Crippen LogP contribution in [0.3, 0.4) is 0 Å². The maximum Gasteiger partial charge on any atom is 0.311 e. The summed E-state index contributed by atoms with van der Waals surface area (Å²) in [4.78, 5) is 10.3. The molecule has 0 fully saturated rings. The van der Waals surface area contributed by atoms with Gasteiger partial charge < -0.3 is 4.74 Å². The zero-order valence-electron chi connectivity index (χ0n) is 9.98. The molecule has 0 aliphatic heterocycles. The summed E-state index contributed by atoms with van der Waals surface area (Å²) in [6.45, 7) is -0.229. The van der Waals surface area contributed by atoms with E-state index in [0.29, 0.717) is 0 Å². The smallest absolute Gasteiger partial charge is 0.311 e. The molecule has 4 nitrogen and oxygen atoms in total. The molecule has 0 saturated heterocycles. The van der Waals surface area contributed by atoms with E-state index in [4.69, 9.17) is 27.9 Å². The molecule has 20 heavy (non-hydrogen) atoms. The topological polar surface area (TPSA) is 52.4 Å². The first kappa shape index (κ1) is 14.6. The lowest BCUT2D eigenvalue weighted by Crippen LogP contribution is -2.01. The fourth-order valence-electron chi connectivity index (χ4n) is 1.57. The number of rotatable bonds is 4. The second kappa shape index (κ2) is 6.07. The maximum atomic E-state index is 13.6. The van der Waals surface area contributed by atoms with Crippen LogP contribution in [-0.2, 0) is 6.61 Å². The summed E-state index contributed by atoms with van der Waals surface area (Å²) in [5.74, 6) is -0.580. The highest BCUT2D eigenvalue weighted by Gasteiger charge is 2.16. The zero-order chi connectivity index (χ0) is 14.7. The molecule has 0 bridgehead atoms. The van der Waals surface area contributed by atoms with Gasteiger partial charge in [-0.25, -0.2) is 4.39 Å². The van der Waals surface area contributed by atoms with E-state index in [0.717, 1.165) is 0 Å². The van der Waals surface area contributed by atoms with E-state index in [-0.39, 0.29) is 33.7 Å². The zero-order valence-corrected chi connectivity index (χ0v) is 11.5. The van der Waals surface area contributed by atoms with Gasteiger partial charge in [-0.1, -0.05) is 29.3 Å². The van der Waals surface area contributed by atoms with E-state index in [1.165, 1.54) is 36.4 Å². The molecule has 0 spiro atoms. The molecule has 0 aliphatic carbocycles. The minimum Gasteiger partial charge on any atom is -0.482 e. The number of nitro groups is 1. The normalized spacial score (nSPS) is 10.3. The van der Waals surface area contributed by atoms with Crippen molar-refractivity contribution in [3.8, 4) is 5.75 Å². The minimum atomic E-state index is -0.603. The van der Waals surface area contributed by atoms with Crippen molar-refractivity contribution in [2.24, 2.45) is 0 Å². The largest absolute Gasteiger partial charge is 0.482 e. The average molecular weight is 316 g/mol. The maximum absolute atomic E-state index is 13.6. The van der Waals surface area contributed by atoms with Crippen LogP contribution >= 0.6 is 23.2 Å².